The first-order chi connectivity index (χ1) is 19.9. The van der Waals surface area contributed by atoms with E-state index in [9.17, 15) is 14.4 Å². The fourth-order valence-corrected chi connectivity index (χ4v) is 5.69. The number of benzene rings is 3. The van der Waals surface area contributed by atoms with Gasteiger partial charge in [0, 0.05) is 43.0 Å². The summed E-state index contributed by atoms with van der Waals surface area (Å²) in [5, 5.41) is 0.471. The lowest BCUT2D eigenvalue weighted by molar-refractivity contribution is -0.128. The zero-order chi connectivity index (χ0) is 28.8. The van der Waals surface area contributed by atoms with Crippen molar-refractivity contribution < 1.29 is 19.1 Å². The van der Waals surface area contributed by atoms with Crippen molar-refractivity contribution in [1.29, 1.82) is 0 Å². The third-order valence-corrected chi connectivity index (χ3v) is 7.87. The normalized spacial score (nSPS) is 16.2. The van der Waals surface area contributed by atoms with Crippen LogP contribution in [0.5, 0.6) is 5.75 Å². The molecular weight excluding hydrogens is 536 g/mol. The Hall–Kier alpha value is -4.37. The fraction of sp³-hybridized carbons (Fsp3) is 0.250. The van der Waals surface area contributed by atoms with Gasteiger partial charge in [0.25, 0.3) is 5.91 Å². The number of aliphatic imine (C=N–C) groups is 1. The number of piperazine rings is 1. The highest BCUT2D eigenvalue weighted by molar-refractivity contribution is 8.14. The molecule has 5 rings (SSSR count). The Labute approximate surface area is 244 Å². The van der Waals surface area contributed by atoms with Gasteiger partial charge in [0.05, 0.1) is 18.0 Å². The van der Waals surface area contributed by atoms with Crippen LogP contribution >= 0.6 is 11.8 Å². The molecule has 0 spiro atoms. The number of thioether (sulfide) groups is 1. The average Bonchev–Trinajstić information content (AvgIpc) is 3.31. The molecule has 2 amide bonds. The first-order valence-electron chi connectivity index (χ1n) is 13.6. The van der Waals surface area contributed by atoms with Gasteiger partial charge in [-0.2, -0.15) is 0 Å². The zero-order valence-corrected chi connectivity index (χ0v) is 24.0. The van der Waals surface area contributed by atoms with Gasteiger partial charge < -0.3 is 14.5 Å². The number of nitrogens with zero attached hydrogens (tertiary/aromatic N) is 4. The molecule has 2 aliphatic rings. The Kier molecular flexibility index (Phi) is 8.84. The quantitative estimate of drug-likeness (QED) is 0.277. The van der Waals surface area contributed by atoms with E-state index in [2.05, 4.69) is 9.89 Å². The van der Waals surface area contributed by atoms with E-state index in [1.165, 1.54) is 11.8 Å². The van der Waals surface area contributed by atoms with Gasteiger partial charge in [-0.15, -0.1) is 0 Å². The van der Waals surface area contributed by atoms with Crippen molar-refractivity contribution in [3.8, 4) is 5.75 Å². The summed E-state index contributed by atoms with van der Waals surface area (Å²) >= 11 is 1.27. The molecule has 0 radical (unpaired) electrons. The van der Waals surface area contributed by atoms with E-state index in [4.69, 9.17) is 4.74 Å². The Morgan fingerprint density at radius 3 is 2.27 bits per heavy atom. The minimum Gasteiger partial charge on any atom is -0.493 e. The van der Waals surface area contributed by atoms with Gasteiger partial charge >= 0.3 is 0 Å². The predicted octanol–water partition coefficient (Wildman–Crippen LogP) is 5.11. The molecule has 1 fully saturated rings. The Bertz CT molecular complexity index is 1480. The van der Waals surface area contributed by atoms with Gasteiger partial charge in [0.15, 0.2) is 11.0 Å². The largest absolute Gasteiger partial charge is 0.493 e. The number of hydrogen-bond donors (Lipinski definition) is 0. The van der Waals surface area contributed by atoms with Crippen molar-refractivity contribution >= 4 is 52.0 Å². The van der Waals surface area contributed by atoms with Crippen LogP contribution < -0.4 is 14.5 Å². The molecule has 0 bridgehead atoms. The SMILES string of the molecule is CCOc1ccccc1C=C1N=C(SCC(=O)N2CCN(c3ccc(C(C)=O)cc3)CC2)N(c2ccccc2)C1=O. The highest BCUT2D eigenvalue weighted by atomic mass is 32.2. The minimum atomic E-state index is -0.248. The molecule has 0 aromatic heterocycles. The van der Waals surface area contributed by atoms with E-state index in [0.29, 0.717) is 60.7 Å². The Morgan fingerprint density at radius 2 is 1.59 bits per heavy atom. The molecule has 2 aliphatic heterocycles. The number of ether oxygens (including phenoxy) is 1. The summed E-state index contributed by atoms with van der Waals surface area (Å²) < 4.78 is 5.73. The Balaban J connectivity index is 1.27. The maximum Gasteiger partial charge on any atom is 0.283 e. The second kappa shape index (κ2) is 12.9. The van der Waals surface area contributed by atoms with E-state index in [1.54, 1.807) is 17.9 Å². The highest BCUT2D eigenvalue weighted by Gasteiger charge is 2.33. The standard InChI is InChI=1S/C32H32N4O4S/c1-3-40-29-12-8-7-9-25(29)21-28-31(39)36(27-10-5-4-6-11-27)32(33-28)41-22-30(38)35-19-17-34(18-20-35)26-15-13-24(14-16-26)23(2)37/h4-16,21H,3,17-20,22H2,1-2H3. The molecule has 1 saturated heterocycles. The van der Waals surface area contributed by atoms with Crippen molar-refractivity contribution in [2.75, 3.05) is 48.3 Å². The predicted molar refractivity (Wildman–Crippen MR) is 165 cm³/mol. The van der Waals surface area contributed by atoms with E-state index >= 15 is 0 Å². The average molecular weight is 569 g/mol. The summed E-state index contributed by atoms with van der Waals surface area (Å²) in [6, 6.07) is 24.5. The van der Waals surface area contributed by atoms with Crippen LogP contribution in [0.4, 0.5) is 11.4 Å². The number of hydrogen-bond acceptors (Lipinski definition) is 7. The van der Waals surface area contributed by atoms with E-state index in [0.717, 1.165) is 11.3 Å². The molecule has 0 saturated carbocycles. The number of ketones is 1. The molecule has 0 aliphatic carbocycles. The van der Waals surface area contributed by atoms with Crippen molar-refractivity contribution in [3.63, 3.8) is 0 Å². The van der Waals surface area contributed by atoms with Crippen LogP contribution in [0.3, 0.4) is 0 Å². The number of carbonyl (C=O) groups is 3. The van der Waals surface area contributed by atoms with Gasteiger partial charge in [0.2, 0.25) is 5.91 Å². The maximum absolute atomic E-state index is 13.5. The Morgan fingerprint density at radius 1 is 0.902 bits per heavy atom. The monoisotopic (exact) mass is 568 g/mol. The van der Waals surface area contributed by atoms with E-state index in [-0.39, 0.29) is 23.4 Å². The number of amides is 2. The van der Waals surface area contributed by atoms with Gasteiger partial charge in [-0.3, -0.25) is 19.3 Å². The summed E-state index contributed by atoms with van der Waals surface area (Å²) in [5.74, 6) is 0.653. The van der Waals surface area contributed by atoms with E-state index < -0.39 is 0 Å². The van der Waals surface area contributed by atoms with E-state index in [1.807, 2.05) is 90.7 Å². The number of amidine groups is 1. The number of anilines is 2. The molecule has 41 heavy (non-hydrogen) atoms. The first kappa shape index (κ1) is 28.2. The van der Waals surface area contributed by atoms with Crippen LogP contribution in [0.1, 0.15) is 29.8 Å². The molecule has 3 aromatic carbocycles. The second-order valence-corrected chi connectivity index (χ2v) is 10.6. The highest BCUT2D eigenvalue weighted by Crippen LogP contribution is 2.31. The third-order valence-electron chi connectivity index (χ3n) is 6.95. The van der Waals surface area contributed by atoms with Gasteiger partial charge in [-0.1, -0.05) is 48.2 Å². The summed E-state index contributed by atoms with van der Waals surface area (Å²) in [6.07, 6.45) is 1.74. The third kappa shape index (κ3) is 6.52. The lowest BCUT2D eigenvalue weighted by atomic mass is 10.1. The van der Waals surface area contributed by atoms with Crippen LogP contribution in [0.25, 0.3) is 6.08 Å². The molecule has 9 heteroatoms. The van der Waals surface area contributed by atoms with Crippen LogP contribution in [0.2, 0.25) is 0 Å². The minimum absolute atomic E-state index is 0.00357. The van der Waals surface area contributed by atoms with Crippen molar-refractivity contribution in [3.05, 3.63) is 95.7 Å². The molecule has 8 nitrogen and oxygen atoms in total. The summed E-state index contributed by atoms with van der Waals surface area (Å²) in [5.41, 5.74) is 3.49. The summed E-state index contributed by atoms with van der Waals surface area (Å²) in [7, 11) is 0. The fourth-order valence-electron chi connectivity index (χ4n) is 4.77. The van der Waals surface area contributed by atoms with Crippen LogP contribution in [-0.4, -0.2) is 66.2 Å². The lowest BCUT2D eigenvalue weighted by Crippen LogP contribution is -2.49. The van der Waals surface area contributed by atoms with Crippen LogP contribution in [0, 0.1) is 0 Å². The molecular formula is C32H32N4O4S. The maximum atomic E-state index is 13.5. The second-order valence-electron chi connectivity index (χ2n) is 9.63. The lowest BCUT2D eigenvalue weighted by Gasteiger charge is -2.36. The van der Waals surface area contributed by atoms with Crippen LogP contribution in [-0.2, 0) is 9.59 Å². The number of rotatable bonds is 8. The summed E-state index contributed by atoms with van der Waals surface area (Å²) in [4.78, 5) is 48.6. The van der Waals surface area contributed by atoms with Crippen molar-refractivity contribution in [1.82, 2.24) is 4.90 Å². The molecule has 210 valence electrons. The topological polar surface area (TPSA) is 82.5 Å². The number of Topliss-reactive ketones (excluding diaryl/α,β-unsaturated/α-hetero) is 1. The zero-order valence-electron chi connectivity index (χ0n) is 23.2. The first-order valence-corrected chi connectivity index (χ1v) is 14.6. The molecule has 0 atom stereocenters. The van der Waals surface area contributed by atoms with Gasteiger partial charge in [-0.05, 0) is 62.4 Å². The van der Waals surface area contributed by atoms with Gasteiger partial charge in [-0.25, -0.2) is 4.99 Å². The molecule has 0 unspecified atom stereocenters. The molecule has 2 heterocycles. The van der Waals surface area contributed by atoms with Gasteiger partial charge in [0.1, 0.15) is 11.4 Å². The smallest absolute Gasteiger partial charge is 0.283 e. The van der Waals surface area contributed by atoms with Crippen molar-refractivity contribution in [2.45, 2.75) is 13.8 Å². The summed E-state index contributed by atoms with van der Waals surface area (Å²) in [6.45, 7) is 6.59. The van der Waals surface area contributed by atoms with Crippen molar-refractivity contribution in [2.24, 2.45) is 4.99 Å². The number of para-hydroxylation sites is 2. The molecule has 0 N–H and O–H groups in total. The molecule has 3 aromatic rings. The van der Waals surface area contributed by atoms with Crippen LogP contribution in [0.15, 0.2) is 89.6 Å². The number of carbonyl (C=O) groups excluding carboxylic acids is 3.